The Morgan fingerprint density at radius 3 is 2.50 bits per heavy atom. The number of nitrogens with zero attached hydrogens (tertiary/aromatic N) is 3. The van der Waals surface area contributed by atoms with Crippen LogP contribution in [-0.2, 0) is 13.2 Å². The quantitative estimate of drug-likeness (QED) is 0.584. The van der Waals surface area contributed by atoms with Crippen molar-refractivity contribution in [2.24, 2.45) is 7.05 Å². The van der Waals surface area contributed by atoms with E-state index in [-0.39, 0.29) is 22.1 Å². The van der Waals surface area contributed by atoms with Crippen molar-refractivity contribution >= 4 is 33.8 Å². The molecule has 0 saturated heterocycles. The van der Waals surface area contributed by atoms with Crippen molar-refractivity contribution in [3.63, 3.8) is 0 Å². The van der Waals surface area contributed by atoms with E-state index in [1.807, 2.05) is 0 Å². The first kappa shape index (κ1) is 19.7. The van der Waals surface area contributed by atoms with Crippen LogP contribution < -0.4 is 10.6 Å². The van der Waals surface area contributed by atoms with Gasteiger partial charge in [0.25, 0.3) is 12.3 Å². The third-order valence-electron chi connectivity index (χ3n) is 3.52. The highest BCUT2D eigenvalue weighted by molar-refractivity contribution is 7.13. The van der Waals surface area contributed by atoms with Crippen molar-refractivity contribution in [2.45, 2.75) is 12.6 Å². The van der Waals surface area contributed by atoms with E-state index in [9.17, 15) is 26.7 Å². The highest BCUT2D eigenvalue weighted by Crippen LogP contribution is 2.34. The number of aromatic nitrogens is 3. The van der Waals surface area contributed by atoms with Gasteiger partial charge >= 0.3 is 6.18 Å². The molecule has 0 saturated carbocycles. The molecule has 2 N–H and O–H groups in total. The minimum atomic E-state index is -4.57. The maximum Gasteiger partial charge on any atom is 0.434 e. The lowest BCUT2D eigenvalue weighted by Gasteiger charge is -2.11. The van der Waals surface area contributed by atoms with Crippen LogP contribution in [0.3, 0.4) is 0 Å². The van der Waals surface area contributed by atoms with E-state index in [4.69, 9.17) is 0 Å². The van der Waals surface area contributed by atoms with Gasteiger partial charge in [0.2, 0.25) is 0 Å². The Morgan fingerprint density at radius 1 is 1.21 bits per heavy atom. The number of hydrogen-bond donors (Lipinski definition) is 2. The molecule has 12 heteroatoms. The van der Waals surface area contributed by atoms with Crippen molar-refractivity contribution < 1.29 is 26.7 Å². The maximum atomic E-state index is 13.0. The van der Waals surface area contributed by atoms with Gasteiger partial charge in [-0.15, -0.1) is 11.3 Å². The van der Waals surface area contributed by atoms with Gasteiger partial charge in [0.1, 0.15) is 5.69 Å². The summed E-state index contributed by atoms with van der Waals surface area (Å²) in [7, 11) is 1.40. The molecule has 148 valence electrons. The molecule has 2 aromatic heterocycles. The number of thiazole rings is 1. The summed E-state index contributed by atoms with van der Waals surface area (Å²) in [6.45, 7) is 0. The van der Waals surface area contributed by atoms with Crippen LogP contribution in [0.4, 0.5) is 38.5 Å². The summed E-state index contributed by atoms with van der Waals surface area (Å²) in [4.78, 5) is 15.9. The lowest BCUT2D eigenvalue weighted by atomic mass is 10.2. The van der Waals surface area contributed by atoms with Crippen LogP contribution in [0.1, 0.15) is 28.2 Å². The summed E-state index contributed by atoms with van der Waals surface area (Å²) in [5.74, 6) is -0.826. The summed E-state index contributed by atoms with van der Waals surface area (Å²) in [5.41, 5.74) is -1.58. The summed E-state index contributed by atoms with van der Waals surface area (Å²) >= 11 is 0.737. The fourth-order valence-electron chi connectivity index (χ4n) is 2.31. The van der Waals surface area contributed by atoms with Gasteiger partial charge in [-0.1, -0.05) is 12.1 Å². The van der Waals surface area contributed by atoms with Crippen LogP contribution in [0.5, 0.6) is 0 Å². The van der Waals surface area contributed by atoms with Gasteiger partial charge in [0.05, 0.1) is 16.9 Å². The monoisotopic (exact) mass is 417 g/mol. The zero-order chi connectivity index (χ0) is 20.5. The van der Waals surface area contributed by atoms with E-state index in [2.05, 4.69) is 20.7 Å². The van der Waals surface area contributed by atoms with Gasteiger partial charge in [-0.05, 0) is 12.1 Å². The van der Waals surface area contributed by atoms with Crippen molar-refractivity contribution in [3.8, 4) is 0 Å². The molecule has 3 aromatic rings. The molecule has 28 heavy (non-hydrogen) atoms. The molecular formula is C16H12F5N5OS. The average molecular weight is 417 g/mol. The van der Waals surface area contributed by atoms with E-state index >= 15 is 0 Å². The van der Waals surface area contributed by atoms with Gasteiger partial charge in [0.15, 0.2) is 10.8 Å². The number of halogens is 5. The predicted molar refractivity (Wildman–Crippen MR) is 93.0 cm³/mol. The molecule has 0 aliphatic rings. The second-order valence-corrected chi connectivity index (χ2v) is 6.42. The fraction of sp³-hybridized carbons (Fsp3) is 0.188. The third-order valence-corrected chi connectivity index (χ3v) is 4.28. The molecule has 2 heterocycles. The van der Waals surface area contributed by atoms with Crippen LogP contribution in [0.2, 0.25) is 0 Å². The Kier molecular flexibility index (Phi) is 5.31. The van der Waals surface area contributed by atoms with Crippen LogP contribution in [0.25, 0.3) is 0 Å². The number of hydrogen-bond acceptors (Lipinski definition) is 5. The Morgan fingerprint density at radius 2 is 1.89 bits per heavy atom. The molecular weight excluding hydrogens is 405 g/mol. The second kappa shape index (κ2) is 7.54. The minimum Gasteiger partial charge on any atom is -0.330 e. The summed E-state index contributed by atoms with van der Waals surface area (Å²) in [6.07, 6.45) is -6.36. The van der Waals surface area contributed by atoms with Crippen LogP contribution >= 0.6 is 11.3 Å². The van der Waals surface area contributed by atoms with Crippen LogP contribution in [0.15, 0.2) is 35.8 Å². The number of carbonyl (C=O) groups is 1. The van der Waals surface area contributed by atoms with Gasteiger partial charge in [0, 0.05) is 18.6 Å². The molecule has 0 bridgehead atoms. The first-order valence-electron chi connectivity index (χ1n) is 7.67. The number of anilines is 3. The zero-order valence-electron chi connectivity index (χ0n) is 14.1. The van der Waals surface area contributed by atoms with E-state index in [0.717, 1.165) is 27.6 Å². The average Bonchev–Trinajstić information content (AvgIpc) is 3.23. The second-order valence-electron chi connectivity index (χ2n) is 5.56. The number of aryl methyl sites for hydroxylation is 1. The van der Waals surface area contributed by atoms with Gasteiger partial charge in [-0.2, -0.15) is 18.3 Å². The van der Waals surface area contributed by atoms with Crippen molar-refractivity contribution in [1.29, 1.82) is 0 Å². The predicted octanol–water partition coefficient (Wildman–Crippen LogP) is 4.83. The number of amides is 1. The topological polar surface area (TPSA) is 71.8 Å². The molecule has 1 aromatic carbocycles. The molecule has 6 nitrogen and oxygen atoms in total. The number of benzene rings is 1. The van der Waals surface area contributed by atoms with Crippen LogP contribution in [0, 0.1) is 0 Å². The molecule has 0 radical (unpaired) electrons. The highest BCUT2D eigenvalue weighted by Gasteiger charge is 2.33. The SMILES string of the molecule is Cn1cc(C(=O)Nc2ccccc2Nc2nc(C(F)(F)F)cs2)c(C(F)F)n1. The number of carbonyl (C=O) groups excluding carboxylic acids is 1. The molecule has 0 aliphatic heterocycles. The summed E-state index contributed by atoms with van der Waals surface area (Å²) < 4.78 is 65.2. The number of nitrogens with one attached hydrogen (secondary N) is 2. The number of rotatable bonds is 5. The smallest absolute Gasteiger partial charge is 0.330 e. The minimum absolute atomic E-state index is 0.0383. The lowest BCUT2D eigenvalue weighted by molar-refractivity contribution is -0.140. The summed E-state index contributed by atoms with van der Waals surface area (Å²) in [5, 5.41) is 9.53. The van der Waals surface area contributed by atoms with Crippen LogP contribution in [-0.4, -0.2) is 20.7 Å². The van der Waals surface area contributed by atoms with Gasteiger partial charge in [-0.25, -0.2) is 13.8 Å². The number of alkyl halides is 5. The van der Waals surface area contributed by atoms with Crippen molar-refractivity contribution in [3.05, 3.63) is 52.8 Å². The molecule has 3 rings (SSSR count). The van der Waals surface area contributed by atoms with E-state index < -0.39 is 29.9 Å². The molecule has 0 unspecified atom stereocenters. The highest BCUT2D eigenvalue weighted by atomic mass is 32.1. The Bertz CT molecular complexity index is 997. The Hall–Kier alpha value is -3.02. The van der Waals surface area contributed by atoms with Gasteiger partial charge < -0.3 is 10.6 Å². The zero-order valence-corrected chi connectivity index (χ0v) is 14.9. The first-order valence-corrected chi connectivity index (χ1v) is 8.55. The molecule has 1 amide bonds. The molecule has 0 fully saturated rings. The summed E-state index contributed by atoms with van der Waals surface area (Å²) in [6, 6.07) is 6.13. The first-order chi connectivity index (χ1) is 13.1. The normalized spacial score (nSPS) is 11.7. The van der Waals surface area contributed by atoms with Gasteiger partial charge in [-0.3, -0.25) is 9.48 Å². The van der Waals surface area contributed by atoms with Crippen molar-refractivity contribution in [1.82, 2.24) is 14.8 Å². The fourth-order valence-corrected chi connectivity index (χ4v) is 3.04. The maximum absolute atomic E-state index is 13.0. The largest absolute Gasteiger partial charge is 0.434 e. The molecule has 0 spiro atoms. The van der Waals surface area contributed by atoms with Crippen molar-refractivity contribution in [2.75, 3.05) is 10.6 Å². The lowest BCUT2D eigenvalue weighted by Crippen LogP contribution is -2.14. The van der Waals surface area contributed by atoms with E-state index in [1.165, 1.54) is 19.2 Å². The standard InChI is InChI=1S/C16H12F5N5OS/c1-26-6-8(12(25-26)13(17)18)14(27)22-9-4-2-3-5-10(9)23-15-24-11(7-28-15)16(19,20)21/h2-7,13H,1H3,(H,22,27)(H,23,24). The third kappa shape index (κ3) is 4.27. The Balaban J connectivity index is 1.83. The molecule has 0 atom stereocenters. The Labute approximate surface area is 159 Å². The number of para-hydroxylation sites is 2. The molecule has 0 aliphatic carbocycles. The van der Waals surface area contributed by atoms with E-state index in [1.54, 1.807) is 12.1 Å². The van der Waals surface area contributed by atoms with E-state index in [0.29, 0.717) is 0 Å².